The molecule has 2 atom stereocenters. The molecule has 0 unspecified atom stereocenters. The van der Waals surface area contributed by atoms with Gasteiger partial charge in [0.25, 0.3) is 5.91 Å². The Bertz CT molecular complexity index is 1040. The summed E-state index contributed by atoms with van der Waals surface area (Å²) < 4.78 is 5.21. The molecule has 4 amide bonds. The van der Waals surface area contributed by atoms with Gasteiger partial charge in [0.05, 0.1) is 7.11 Å². The Morgan fingerprint density at radius 2 is 1.80 bits per heavy atom. The number of piperidine rings is 1. The maximum absolute atomic E-state index is 13.1. The van der Waals surface area contributed by atoms with Gasteiger partial charge in [-0.2, -0.15) is 0 Å². The second-order valence-electron chi connectivity index (χ2n) is 8.77. The Labute approximate surface area is 211 Å². The lowest BCUT2D eigenvalue weighted by atomic mass is 9.88. The number of benzene rings is 2. The quantitative estimate of drug-likeness (QED) is 0.503. The molecule has 3 N–H and O–H groups in total. The van der Waals surface area contributed by atoms with E-state index in [4.69, 9.17) is 16.3 Å². The largest absolute Gasteiger partial charge is 0.497 e. The zero-order valence-corrected chi connectivity index (χ0v) is 21.1. The fraction of sp³-hybridized carbons (Fsp3) is 0.423. The SMILES string of the molecule is CC[C@H](C)NC(=O)[C@H](NC(=O)c1cccc(OC)c1)C1CCN(C(=O)Nc2cccc(Cl)c2)CC1. The van der Waals surface area contributed by atoms with Crippen molar-refractivity contribution in [2.45, 2.75) is 45.2 Å². The molecule has 2 aromatic rings. The van der Waals surface area contributed by atoms with Gasteiger partial charge in [0.1, 0.15) is 11.8 Å². The summed E-state index contributed by atoms with van der Waals surface area (Å²) in [6, 6.07) is 12.9. The zero-order chi connectivity index (χ0) is 25.4. The standard InChI is InChI=1S/C26H33ClN4O4/c1-4-17(2)28-25(33)23(30-24(32)19-7-5-10-22(15-19)35-3)18-11-13-31(14-12-18)26(34)29-21-9-6-8-20(27)16-21/h5-10,15-18,23H,4,11-14H2,1-3H3,(H,28,33)(H,29,34)(H,30,32)/t17-,23+/m0/s1. The van der Waals surface area contributed by atoms with E-state index >= 15 is 0 Å². The summed E-state index contributed by atoms with van der Waals surface area (Å²) in [5.41, 5.74) is 1.05. The fourth-order valence-corrected chi connectivity index (χ4v) is 4.22. The van der Waals surface area contributed by atoms with Crippen LogP contribution in [0.15, 0.2) is 48.5 Å². The third-order valence-corrected chi connectivity index (χ3v) is 6.51. The van der Waals surface area contributed by atoms with Crippen molar-refractivity contribution in [2.24, 2.45) is 5.92 Å². The summed E-state index contributed by atoms with van der Waals surface area (Å²) in [7, 11) is 1.54. The number of hydrogen-bond acceptors (Lipinski definition) is 4. The number of nitrogens with one attached hydrogen (secondary N) is 3. The summed E-state index contributed by atoms with van der Waals surface area (Å²) in [5, 5.41) is 9.33. The highest BCUT2D eigenvalue weighted by molar-refractivity contribution is 6.30. The number of halogens is 1. The van der Waals surface area contributed by atoms with Gasteiger partial charge in [0.2, 0.25) is 5.91 Å². The van der Waals surface area contributed by atoms with Crippen LogP contribution in [-0.4, -0.2) is 55.0 Å². The highest BCUT2D eigenvalue weighted by Gasteiger charge is 2.34. The Kier molecular flexibility index (Phi) is 9.37. The Morgan fingerprint density at radius 1 is 1.09 bits per heavy atom. The number of rotatable bonds is 8. The van der Waals surface area contributed by atoms with E-state index in [9.17, 15) is 14.4 Å². The summed E-state index contributed by atoms with van der Waals surface area (Å²) in [5.74, 6) is -0.0899. The van der Waals surface area contributed by atoms with Crippen molar-refractivity contribution in [1.29, 1.82) is 0 Å². The second-order valence-corrected chi connectivity index (χ2v) is 9.20. The lowest BCUT2D eigenvalue weighted by molar-refractivity contribution is -0.125. The molecule has 1 aliphatic rings. The minimum atomic E-state index is -0.708. The van der Waals surface area contributed by atoms with Crippen LogP contribution in [0.4, 0.5) is 10.5 Å². The number of likely N-dealkylation sites (tertiary alicyclic amines) is 1. The first-order valence-electron chi connectivity index (χ1n) is 11.9. The number of carbonyl (C=O) groups is 3. The van der Waals surface area contributed by atoms with Crippen molar-refractivity contribution in [3.63, 3.8) is 0 Å². The lowest BCUT2D eigenvalue weighted by Crippen LogP contribution is -2.55. The number of nitrogens with zero attached hydrogens (tertiary/aromatic N) is 1. The number of ether oxygens (including phenoxy) is 1. The molecule has 0 spiro atoms. The Hall–Kier alpha value is -3.26. The average molecular weight is 501 g/mol. The number of methoxy groups -OCH3 is 1. The van der Waals surface area contributed by atoms with Crippen molar-refractivity contribution in [1.82, 2.24) is 15.5 Å². The van der Waals surface area contributed by atoms with Gasteiger partial charge >= 0.3 is 6.03 Å². The van der Waals surface area contributed by atoms with E-state index in [-0.39, 0.29) is 29.8 Å². The van der Waals surface area contributed by atoms with Gasteiger partial charge in [-0.1, -0.05) is 30.7 Å². The molecule has 188 valence electrons. The molecule has 1 fully saturated rings. The molecule has 0 bridgehead atoms. The molecule has 35 heavy (non-hydrogen) atoms. The first-order chi connectivity index (χ1) is 16.8. The third-order valence-electron chi connectivity index (χ3n) is 6.28. The zero-order valence-electron chi connectivity index (χ0n) is 20.3. The number of carbonyl (C=O) groups excluding carboxylic acids is 3. The van der Waals surface area contributed by atoms with E-state index in [1.165, 1.54) is 7.11 Å². The minimum absolute atomic E-state index is 0.0118. The van der Waals surface area contributed by atoms with Crippen LogP contribution in [0.1, 0.15) is 43.5 Å². The molecule has 1 heterocycles. The smallest absolute Gasteiger partial charge is 0.321 e. The molecule has 0 aliphatic carbocycles. The monoisotopic (exact) mass is 500 g/mol. The van der Waals surface area contributed by atoms with Crippen LogP contribution in [0.25, 0.3) is 0 Å². The van der Waals surface area contributed by atoms with Crippen LogP contribution >= 0.6 is 11.6 Å². The van der Waals surface area contributed by atoms with Gasteiger partial charge in [0.15, 0.2) is 0 Å². The third kappa shape index (κ3) is 7.36. The van der Waals surface area contributed by atoms with Crippen LogP contribution < -0.4 is 20.7 Å². The molecule has 1 saturated heterocycles. The van der Waals surface area contributed by atoms with Crippen molar-refractivity contribution in [2.75, 3.05) is 25.5 Å². The van der Waals surface area contributed by atoms with Crippen LogP contribution in [0, 0.1) is 5.92 Å². The van der Waals surface area contributed by atoms with E-state index < -0.39 is 6.04 Å². The predicted molar refractivity (Wildman–Crippen MR) is 137 cm³/mol. The van der Waals surface area contributed by atoms with E-state index in [2.05, 4.69) is 16.0 Å². The molecular formula is C26H33ClN4O4. The van der Waals surface area contributed by atoms with Crippen LogP contribution in [0.5, 0.6) is 5.75 Å². The molecule has 1 aliphatic heterocycles. The summed E-state index contributed by atoms with van der Waals surface area (Å²) in [4.78, 5) is 40.6. The van der Waals surface area contributed by atoms with Gasteiger partial charge in [0, 0.05) is 35.4 Å². The highest BCUT2D eigenvalue weighted by atomic mass is 35.5. The number of anilines is 1. The Morgan fingerprint density at radius 3 is 2.46 bits per heavy atom. The maximum Gasteiger partial charge on any atom is 0.321 e. The highest BCUT2D eigenvalue weighted by Crippen LogP contribution is 2.23. The molecule has 3 rings (SSSR count). The van der Waals surface area contributed by atoms with Gasteiger partial charge in [-0.15, -0.1) is 0 Å². The van der Waals surface area contributed by atoms with Gasteiger partial charge in [-0.05, 0) is 68.5 Å². The molecule has 2 aromatic carbocycles. The van der Waals surface area contributed by atoms with E-state index in [1.807, 2.05) is 13.8 Å². The summed E-state index contributed by atoms with van der Waals surface area (Å²) >= 11 is 6.00. The summed E-state index contributed by atoms with van der Waals surface area (Å²) in [6.45, 7) is 4.87. The average Bonchev–Trinajstić information content (AvgIpc) is 2.87. The van der Waals surface area contributed by atoms with Crippen molar-refractivity contribution in [3.05, 3.63) is 59.1 Å². The number of hydrogen-bond donors (Lipinski definition) is 3. The minimum Gasteiger partial charge on any atom is -0.497 e. The predicted octanol–water partition coefficient (Wildman–Crippen LogP) is 4.31. The van der Waals surface area contributed by atoms with Crippen LogP contribution in [0.3, 0.4) is 0 Å². The number of urea groups is 1. The maximum atomic E-state index is 13.1. The summed E-state index contributed by atoms with van der Waals surface area (Å²) in [6.07, 6.45) is 1.95. The van der Waals surface area contributed by atoms with Crippen molar-refractivity contribution >= 4 is 35.1 Å². The van der Waals surface area contributed by atoms with E-state index in [0.29, 0.717) is 48.0 Å². The first-order valence-corrected chi connectivity index (χ1v) is 12.2. The Balaban J connectivity index is 1.67. The molecule has 0 radical (unpaired) electrons. The first kappa shape index (κ1) is 26.3. The van der Waals surface area contributed by atoms with Gasteiger partial charge in [-0.25, -0.2) is 4.79 Å². The van der Waals surface area contributed by atoms with E-state index in [0.717, 1.165) is 6.42 Å². The molecule has 9 heteroatoms. The van der Waals surface area contributed by atoms with Crippen LogP contribution in [0.2, 0.25) is 5.02 Å². The second kappa shape index (κ2) is 12.4. The normalized spacial score (nSPS) is 15.6. The lowest BCUT2D eigenvalue weighted by Gasteiger charge is -2.36. The van der Waals surface area contributed by atoms with Crippen molar-refractivity contribution in [3.8, 4) is 5.75 Å². The molecular weight excluding hydrogens is 468 g/mol. The molecule has 8 nitrogen and oxygen atoms in total. The van der Waals surface area contributed by atoms with Gasteiger partial charge in [-0.3, -0.25) is 9.59 Å². The topological polar surface area (TPSA) is 99.8 Å². The molecule has 0 aromatic heterocycles. The van der Waals surface area contributed by atoms with Crippen LogP contribution in [-0.2, 0) is 4.79 Å². The molecule has 0 saturated carbocycles. The van der Waals surface area contributed by atoms with Gasteiger partial charge < -0.3 is 25.6 Å². The van der Waals surface area contributed by atoms with Crippen molar-refractivity contribution < 1.29 is 19.1 Å². The van der Waals surface area contributed by atoms with E-state index in [1.54, 1.807) is 53.4 Å². The fourth-order valence-electron chi connectivity index (χ4n) is 4.03. The number of amides is 4.